The van der Waals surface area contributed by atoms with Gasteiger partial charge in [-0.1, -0.05) is 0 Å². The first-order valence-corrected chi connectivity index (χ1v) is 5.60. The van der Waals surface area contributed by atoms with Crippen LogP contribution in [0.5, 0.6) is 0 Å². The van der Waals surface area contributed by atoms with Crippen molar-refractivity contribution in [3.63, 3.8) is 0 Å². The highest BCUT2D eigenvalue weighted by Crippen LogP contribution is 2.07. The molecule has 0 spiro atoms. The standard InChI is InChI=1S/C11H19N3O2/c1-9(3-4-12)14(2)11(15)7-10-8-13-5-6-16-10/h9-10,13H,3,5-8H2,1-2H3. The third-order valence-corrected chi connectivity index (χ3v) is 2.85. The number of amides is 1. The van der Waals surface area contributed by atoms with Crippen LogP contribution in [0.25, 0.3) is 0 Å². The highest BCUT2D eigenvalue weighted by molar-refractivity contribution is 5.76. The Morgan fingerprint density at radius 3 is 3.06 bits per heavy atom. The summed E-state index contributed by atoms with van der Waals surface area (Å²) in [6, 6.07) is 2.04. The zero-order valence-electron chi connectivity index (χ0n) is 9.90. The van der Waals surface area contributed by atoms with Crippen molar-refractivity contribution >= 4 is 5.91 Å². The first-order valence-electron chi connectivity index (χ1n) is 5.60. The number of hydrogen-bond donors (Lipinski definition) is 1. The van der Waals surface area contributed by atoms with Crippen LogP contribution in [0.15, 0.2) is 0 Å². The molecule has 1 saturated heterocycles. The minimum Gasteiger partial charge on any atom is -0.375 e. The van der Waals surface area contributed by atoms with Gasteiger partial charge in [0.2, 0.25) is 5.91 Å². The molecule has 1 amide bonds. The molecule has 1 aliphatic heterocycles. The van der Waals surface area contributed by atoms with Gasteiger partial charge in [0.25, 0.3) is 0 Å². The summed E-state index contributed by atoms with van der Waals surface area (Å²) in [5, 5.41) is 11.8. The molecule has 1 fully saturated rings. The molecule has 0 aromatic rings. The second-order valence-corrected chi connectivity index (χ2v) is 4.12. The Kier molecular flexibility index (Phi) is 5.23. The molecule has 2 atom stereocenters. The molecule has 1 aliphatic rings. The molecular formula is C11H19N3O2. The Hall–Kier alpha value is -1.12. The third-order valence-electron chi connectivity index (χ3n) is 2.85. The quantitative estimate of drug-likeness (QED) is 0.738. The highest BCUT2D eigenvalue weighted by Gasteiger charge is 2.21. The molecule has 0 aromatic carbocycles. The first-order chi connectivity index (χ1) is 7.65. The topological polar surface area (TPSA) is 65.4 Å². The number of nitriles is 1. The highest BCUT2D eigenvalue weighted by atomic mass is 16.5. The zero-order valence-corrected chi connectivity index (χ0v) is 9.90. The predicted octanol–water partition coefficient (Wildman–Crippen LogP) is 0.125. The van der Waals surface area contributed by atoms with Crippen molar-refractivity contribution in [3.05, 3.63) is 0 Å². The summed E-state index contributed by atoms with van der Waals surface area (Å²) < 4.78 is 5.46. The Balaban J connectivity index is 2.35. The lowest BCUT2D eigenvalue weighted by molar-refractivity contribution is -0.135. The van der Waals surface area contributed by atoms with E-state index in [1.807, 2.05) is 6.92 Å². The molecule has 1 heterocycles. The number of carbonyl (C=O) groups excluding carboxylic acids is 1. The minimum absolute atomic E-state index is 0.0296. The lowest BCUT2D eigenvalue weighted by Gasteiger charge is -2.27. The van der Waals surface area contributed by atoms with Crippen LogP contribution in [-0.4, -0.2) is 49.7 Å². The number of hydrogen-bond acceptors (Lipinski definition) is 4. The van der Waals surface area contributed by atoms with Crippen LogP contribution in [0, 0.1) is 11.3 Å². The normalized spacial score (nSPS) is 22.2. The molecule has 2 unspecified atom stereocenters. The molecule has 0 aromatic heterocycles. The molecular weight excluding hydrogens is 206 g/mol. The van der Waals surface area contributed by atoms with Gasteiger partial charge in [-0.05, 0) is 6.92 Å². The van der Waals surface area contributed by atoms with E-state index >= 15 is 0 Å². The second-order valence-electron chi connectivity index (χ2n) is 4.12. The van der Waals surface area contributed by atoms with Crippen LogP contribution in [0.4, 0.5) is 0 Å². The van der Waals surface area contributed by atoms with E-state index in [4.69, 9.17) is 10.00 Å². The molecule has 16 heavy (non-hydrogen) atoms. The SMILES string of the molecule is CC(CC#N)N(C)C(=O)CC1CNCCO1. The fourth-order valence-electron chi connectivity index (χ4n) is 1.60. The lowest BCUT2D eigenvalue weighted by atomic mass is 10.1. The summed E-state index contributed by atoms with van der Waals surface area (Å²) >= 11 is 0. The number of carbonyl (C=O) groups is 1. The van der Waals surface area contributed by atoms with E-state index in [-0.39, 0.29) is 18.1 Å². The average Bonchev–Trinajstić information content (AvgIpc) is 2.29. The maximum Gasteiger partial charge on any atom is 0.225 e. The van der Waals surface area contributed by atoms with Crippen molar-refractivity contribution in [1.29, 1.82) is 5.26 Å². The van der Waals surface area contributed by atoms with E-state index in [1.165, 1.54) is 0 Å². The fourth-order valence-corrected chi connectivity index (χ4v) is 1.60. The summed E-state index contributed by atoms with van der Waals surface area (Å²) in [5.41, 5.74) is 0. The van der Waals surface area contributed by atoms with E-state index in [0.717, 1.165) is 13.1 Å². The first kappa shape index (κ1) is 12.9. The van der Waals surface area contributed by atoms with E-state index in [9.17, 15) is 4.79 Å². The summed E-state index contributed by atoms with van der Waals surface area (Å²) in [5.74, 6) is 0.0384. The Morgan fingerprint density at radius 2 is 2.50 bits per heavy atom. The number of rotatable bonds is 4. The zero-order chi connectivity index (χ0) is 12.0. The van der Waals surface area contributed by atoms with Gasteiger partial charge >= 0.3 is 0 Å². The Bertz CT molecular complexity index is 269. The number of nitrogens with one attached hydrogen (secondary N) is 1. The lowest BCUT2D eigenvalue weighted by Crippen LogP contribution is -2.43. The summed E-state index contributed by atoms with van der Waals surface area (Å²) in [7, 11) is 1.74. The van der Waals surface area contributed by atoms with Gasteiger partial charge < -0.3 is 15.0 Å². The smallest absolute Gasteiger partial charge is 0.225 e. The maximum absolute atomic E-state index is 11.8. The Labute approximate surface area is 96.4 Å². The van der Waals surface area contributed by atoms with Crippen LogP contribution >= 0.6 is 0 Å². The molecule has 0 aliphatic carbocycles. The third kappa shape index (κ3) is 3.80. The molecule has 1 rings (SSSR count). The minimum atomic E-state index is -0.0333. The van der Waals surface area contributed by atoms with Crippen molar-refractivity contribution in [2.75, 3.05) is 26.7 Å². The van der Waals surface area contributed by atoms with Gasteiger partial charge in [-0.2, -0.15) is 5.26 Å². The number of nitrogens with zero attached hydrogens (tertiary/aromatic N) is 2. The van der Waals surface area contributed by atoms with Crippen molar-refractivity contribution < 1.29 is 9.53 Å². The molecule has 5 nitrogen and oxygen atoms in total. The molecule has 0 saturated carbocycles. The monoisotopic (exact) mass is 225 g/mol. The second kappa shape index (κ2) is 6.46. The van der Waals surface area contributed by atoms with Crippen LogP contribution in [0.1, 0.15) is 19.8 Å². The fraction of sp³-hybridized carbons (Fsp3) is 0.818. The van der Waals surface area contributed by atoms with Crippen molar-refractivity contribution in [3.8, 4) is 6.07 Å². The van der Waals surface area contributed by atoms with Gasteiger partial charge in [-0.15, -0.1) is 0 Å². The maximum atomic E-state index is 11.8. The molecule has 0 radical (unpaired) electrons. The molecule has 90 valence electrons. The van der Waals surface area contributed by atoms with Crippen LogP contribution < -0.4 is 5.32 Å². The van der Waals surface area contributed by atoms with Gasteiger partial charge in [-0.3, -0.25) is 4.79 Å². The number of morpholine rings is 1. The van der Waals surface area contributed by atoms with Crippen molar-refractivity contribution in [2.24, 2.45) is 0 Å². The largest absolute Gasteiger partial charge is 0.375 e. The molecule has 1 N–H and O–H groups in total. The predicted molar refractivity (Wildman–Crippen MR) is 59.7 cm³/mol. The Morgan fingerprint density at radius 1 is 1.75 bits per heavy atom. The van der Waals surface area contributed by atoms with E-state index in [0.29, 0.717) is 19.4 Å². The summed E-state index contributed by atoms with van der Waals surface area (Å²) in [4.78, 5) is 13.5. The molecule has 0 bridgehead atoms. The average molecular weight is 225 g/mol. The van der Waals surface area contributed by atoms with Gasteiger partial charge in [-0.25, -0.2) is 0 Å². The van der Waals surface area contributed by atoms with Crippen molar-refractivity contribution in [2.45, 2.75) is 31.9 Å². The number of ether oxygens (including phenoxy) is 1. The van der Waals surface area contributed by atoms with Crippen LogP contribution in [0.2, 0.25) is 0 Å². The van der Waals surface area contributed by atoms with Gasteiger partial charge in [0.05, 0.1) is 31.6 Å². The van der Waals surface area contributed by atoms with Crippen molar-refractivity contribution in [1.82, 2.24) is 10.2 Å². The van der Waals surface area contributed by atoms with Crippen LogP contribution in [-0.2, 0) is 9.53 Å². The van der Waals surface area contributed by atoms with E-state index < -0.39 is 0 Å². The van der Waals surface area contributed by atoms with E-state index in [2.05, 4.69) is 11.4 Å². The van der Waals surface area contributed by atoms with Gasteiger partial charge in [0, 0.05) is 26.2 Å². The summed E-state index contributed by atoms with van der Waals surface area (Å²) in [6.07, 6.45) is 0.726. The van der Waals surface area contributed by atoms with Crippen LogP contribution in [0.3, 0.4) is 0 Å². The summed E-state index contributed by atoms with van der Waals surface area (Å²) in [6.45, 7) is 4.12. The molecule has 5 heteroatoms. The van der Waals surface area contributed by atoms with Gasteiger partial charge in [0.1, 0.15) is 0 Å². The van der Waals surface area contributed by atoms with E-state index in [1.54, 1.807) is 11.9 Å². The van der Waals surface area contributed by atoms with Gasteiger partial charge in [0.15, 0.2) is 0 Å².